The van der Waals surface area contributed by atoms with Crippen LogP contribution in [0.5, 0.6) is 11.5 Å². The van der Waals surface area contributed by atoms with E-state index in [1.165, 1.54) is 30.7 Å². The molecule has 36 heavy (non-hydrogen) atoms. The van der Waals surface area contributed by atoms with E-state index in [1.807, 2.05) is 0 Å². The highest BCUT2D eigenvalue weighted by Gasteiger charge is 2.32. The number of anilines is 1. The number of aliphatic imine (C=N–C) groups is 1. The van der Waals surface area contributed by atoms with E-state index >= 15 is 0 Å². The predicted octanol–water partition coefficient (Wildman–Crippen LogP) is 3.15. The van der Waals surface area contributed by atoms with Gasteiger partial charge in [0.1, 0.15) is 28.2 Å². The van der Waals surface area contributed by atoms with Gasteiger partial charge in [-0.25, -0.2) is 27.8 Å². The quantitative estimate of drug-likeness (QED) is 0.422. The van der Waals surface area contributed by atoms with Crippen molar-refractivity contribution in [2.24, 2.45) is 4.99 Å². The lowest BCUT2D eigenvalue weighted by Crippen LogP contribution is -2.31. The minimum absolute atomic E-state index is 0.00817. The normalized spacial score (nSPS) is 14.7. The summed E-state index contributed by atoms with van der Waals surface area (Å²) in [6.07, 6.45) is 3.31. The summed E-state index contributed by atoms with van der Waals surface area (Å²) in [6.45, 7) is 3.04. The number of hydrogen-bond donors (Lipinski definition) is 2. The van der Waals surface area contributed by atoms with Crippen molar-refractivity contribution >= 4 is 38.4 Å². The molecule has 0 aliphatic carbocycles. The first-order valence-corrected chi connectivity index (χ1v) is 12.3. The van der Waals surface area contributed by atoms with Crippen LogP contribution >= 0.6 is 11.6 Å². The van der Waals surface area contributed by atoms with Crippen LogP contribution in [-0.4, -0.2) is 55.8 Å². The molecule has 11 nitrogen and oxygen atoms in total. The van der Waals surface area contributed by atoms with Gasteiger partial charge in [-0.1, -0.05) is 30.3 Å². The van der Waals surface area contributed by atoms with Gasteiger partial charge in [0.25, 0.3) is 0 Å². The third-order valence-electron chi connectivity index (χ3n) is 5.37. The lowest BCUT2D eigenvalue weighted by atomic mass is 10.1. The monoisotopic (exact) mass is 531 g/mol. The molecule has 0 saturated carbocycles. The standard InChI is InChI=1S/C22H19ClFN7O4S/c1-12(20-25-10-14(24)11-26-20)13(2)36(33,34)30-22-29-28-21(15-6-4-9-18(23)27-15)31(22)19-16(32)7-5-8-17(19)35-3/h5,7-13,32H,1-3H3,(H,29,30)/t12-,13-/m0/s1. The first kappa shape index (κ1) is 25.1. The molecule has 2 atom stereocenters. The lowest BCUT2D eigenvalue weighted by molar-refractivity contribution is 0.404. The van der Waals surface area contributed by atoms with Crippen LogP contribution in [0.25, 0.3) is 11.4 Å². The van der Waals surface area contributed by atoms with E-state index in [4.69, 9.17) is 16.3 Å². The Morgan fingerprint density at radius 2 is 1.94 bits per heavy atom. The molecule has 1 aliphatic heterocycles. The highest BCUT2D eigenvalue weighted by molar-refractivity contribution is 7.93. The molecule has 0 spiro atoms. The number of allylic oxidation sites excluding steroid dienone is 1. The fourth-order valence-electron chi connectivity index (χ4n) is 3.31. The maximum atomic E-state index is 13.3. The van der Waals surface area contributed by atoms with E-state index in [2.05, 4.69) is 41.3 Å². The SMILES string of the molecule is COc1cccc(O)c1-n1c(NS(=O)(=O)[C@@H](C)[C@H](C)c2ncc(F)cn2)nnc1C1=C=C=CC(Cl)=N1. The highest BCUT2D eigenvalue weighted by atomic mass is 35.5. The number of halogens is 2. The summed E-state index contributed by atoms with van der Waals surface area (Å²) in [5, 5.41) is 17.7. The molecule has 0 saturated heterocycles. The second-order valence-corrected chi connectivity index (χ2v) is 10.0. The molecule has 4 rings (SSSR count). The average Bonchev–Trinajstić information content (AvgIpc) is 3.25. The molecule has 3 heterocycles. The third-order valence-corrected chi connectivity index (χ3v) is 7.42. The van der Waals surface area contributed by atoms with Crippen LogP contribution in [0.3, 0.4) is 0 Å². The van der Waals surface area contributed by atoms with Gasteiger partial charge < -0.3 is 9.84 Å². The van der Waals surface area contributed by atoms with E-state index in [0.29, 0.717) is 0 Å². The fraction of sp³-hybridized carbons (Fsp3) is 0.227. The number of methoxy groups -OCH3 is 1. The van der Waals surface area contributed by atoms with E-state index in [1.54, 1.807) is 19.1 Å². The molecule has 0 unspecified atom stereocenters. The summed E-state index contributed by atoms with van der Waals surface area (Å²) in [5.41, 5.74) is 5.58. The van der Waals surface area contributed by atoms with Crippen LogP contribution in [-0.2, 0) is 10.0 Å². The molecule has 0 radical (unpaired) electrons. The van der Waals surface area contributed by atoms with Crippen molar-refractivity contribution in [2.75, 3.05) is 11.8 Å². The second kappa shape index (κ2) is 9.92. The van der Waals surface area contributed by atoms with E-state index in [0.717, 1.165) is 12.4 Å². The summed E-state index contributed by atoms with van der Waals surface area (Å²) < 4.78 is 48.9. The minimum atomic E-state index is -4.14. The maximum absolute atomic E-state index is 13.3. The number of nitrogens with one attached hydrogen (secondary N) is 1. The van der Waals surface area contributed by atoms with Crippen LogP contribution in [0.1, 0.15) is 31.4 Å². The molecule has 1 aliphatic rings. The summed E-state index contributed by atoms with van der Waals surface area (Å²) in [6, 6.07) is 4.50. The highest BCUT2D eigenvalue weighted by Crippen LogP contribution is 2.36. The Morgan fingerprint density at radius 3 is 2.61 bits per heavy atom. The lowest BCUT2D eigenvalue weighted by Gasteiger charge is -2.21. The number of nitrogens with zero attached hydrogens (tertiary/aromatic N) is 6. The molecular weight excluding hydrogens is 513 g/mol. The van der Waals surface area contributed by atoms with Gasteiger partial charge in [-0.3, -0.25) is 9.29 Å². The Bertz CT molecular complexity index is 1560. The van der Waals surface area contributed by atoms with Crippen LogP contribution in [0, 0.1) is 5.82 Å². The molecule has 0 fully saturated rings. The summed E-state index contributed by atoms with van der Waals surface area (Å²) in [4.78, 5) is 11.9. The molecule has 2 aromatic heterocycles. The zero-order chi connectivity index (χ0) is 26.0. The smallest absolute Gasteiger partial charge is 0.243 e. The zero-order valence-corrected chi connectivity index (χ0v) is 20.7. The Kier molecular flexibility index (Phi) is 6.91. The van der Waals surface area contributed by atoms with E-state index in [9.17, 15) is 17.9 Å². The maximum Gasteiger partial charge on any atom is 0.243 e. The van der Waals surface area contributed by atoms with Gasteiger partial charge in [0.05, 0.1) is 24.8 Å². The van der Waals surface area contributed by atoms with Crippen LogP contribution in [0.2, 0.25) is 0 Å². The van der Waals surface area contributed by atoms with Gasteiger partial charge in [0.2, 0.25) is 16.0 Å². The fourth-order valence-corrected chi connectivity index (χ4v) is 4.68. The third kappa shape index (κ3) is 4.86. The number of aromatic nitrogens is 5. The first-order valence-electron chi connectivity index (χ1n) is 10.4. The largest absolute Gasteiger partial charge is 0.506 e. The number of ether oxygens (including phenoxy) is 1. The topological polar surface area (TPSA) is 144 Å². The van der Waals surface area contributed by atoms with Crippen molar-refractivity contribution in [1.29, 1.82) is 0 Å². The molecule has 0 amide bonds. The number of rotatable bonds is 8. The van der Waals surface area contributed by atoms with Crippen molar-refractivity contribution in [3.8, 4) is 17.2 Å². The van der Waals surface area contributed by atoms with E-state index < -0.39 is 27.0 Å². The van der Waals surface area contributed by atoms with Crippen molar-refractivity contribution in [2.45, 2.75) is 25.0 Å². The number of aromatic hydroxyl groups is 1. The summed E-state index contributed by atoms with van der Waals surface area (Å²) >= 11 is 6.00. The Balaban J connectivity index is 1.82. The molecule has 3 aromatic rings. The molecule has 14 heteroatoms. The van der Waals surface area contributed by atoms with Crippen LogP contribution in [0.4, 0.5) is 10.3 Å². The second-order valence-electron chi connectivity index (χ2n) is 7.61. The zero-order valence-electron chi connectivity index (χ0n) is 19.1. The van der Waals surface area contributed by atoms with Crippen molar-refractivity contribution in [1.82, 2.24) is 24.7 Å². The van der Waals surface area contributed by atoms with Crippen LogP contribution in [0.15, 0.2) is 53.1 Å². The number of benzene rings is 1. The van der Waals surface area contributed by atoms with Gasteiger partial charge in [0, 0.05) is 12.0 Å². The number of para-hydroxylation sites is 1. The first-order chi connectivity index (χ1) is 17.1. The van der Waals surface area contributed by atoms with Crippen molar-refractivity contribution in [3.63, 3.8) is 0 Å². The predicted molar refractivity (Wildman–Crippen MR) is 130 cm³/mol. The number of hydrogen-bond acceptors (Lipinski definition) is 9. The number of sulfonamides is 1. The van der Waals surface area contributed by atoms with Gasteiger partial charge in [-0.2, -0.15) is 0 Å². The van der Waals surface area contributed by atoms with Crippen LogP contribution < -0.4 is 9.46 Å². The molecule has 0 bridgehead atoms. The van der Waals surface area contributed by atoms with Crippen molar-refractivity contribution < 1.29 is 22.7 Å². The number of phenolic OH excluding ortho intramolecular Hbond substituents is 1. The average molecular weight is 532 g/mol. The van der Waals surface area contributed by atoms with Gasteiger partial charge in [-0.15, -0.1) is 10.2 Å². The van der Waals surface area contributed by atoms with Gasteiger partial charge in [-0.05, 0) is 24.8 Å². The molecule has 1 aromatic carbocycles. The Morgan fingerprint density at radius 1 is 1.22 bits per heavy atom. The molecule has 186 valence electrons. The molecular formula is C22H19ClFN7O4S. The van der Waals surface area contributed by atoms with Gasteiger partial charge >= 0.3 is 0 Å². The van der Waals surface area contributed by atoms with Crippen molar-refractivity contribution in [3.05, 3.63) is 65.6 Å². The number of phenols is 1. The summed E-state index contributed by atoms with van der Waals surface area (Å²) in [5.74, 6) is -1.51. The Hall–Kier alpha value is -4.02. The Labute approximate surface area is 210 Å². The van der Waals surface area contributed by atoms with Gasteiger partial charge in [0.15, 0.2) is 17.3 Å². The molecule has 2 N–H and O–H groups in total. The minimum Gasteiger partial charge on any atom is -0.506 e. The van der Waals surface area contributed by atoms with E-state index in [-0.39, 0.29) is 45.7 Å². The summed E-state index contributed by atoms with van der Waals surface area (Å²) in [7, 11) is -2.76.